The minimum atomic E-state index is 0.440. The van der Waals surface area contributed by atoms with Crippen LogP contribution in [0.5, 0.6) is 5.75 Å². The lowest BCUT2D eigenvalue weighted by Crippen LogP contribution is -2.05. The van der Waals surface area contributed by atoms with Crippen LogP contribution in [0.3, 0.4) is 0 Å². The number of imidazole rings is 1. The maximum Gasteiger partial charge on any atom is 0.142 e. The van der Waals surface area contributed by atoms with Crippen molar-refractivity contribution < 1.29 is 4.74 Å². The van der Waals surface area contributed by atoms with Gasteiger partial charge in [-0.1, -0.05) is 15.9 Å². The van der Waals surface area contributed by atoms with Crippen LogP contribution in [-0.2, 0) is 6.54 Å². The second kappa shape index (κ2) is 4.67. The van der Waals surface area contributed by atoms with E-state index in [0.29, 0.717) is 6.54 Å². The van der Waals surface area contributed by atoms with Gasteiger partial charge in [-0.15, -0.1) is 0 Å². The average Bonchev–Trinajstić information content (AvgIpc) is 2.76. The van der Waals surface area contributed by atoms with E-state index < -0.39 is 0 Å². The van der Waals surface area contributed by atoms with E-state index in [4.69, 9.17) is 10.5 Å². The SMILES string of the molecule is COc1ccc(Br)cc1-n1cncc1CN. The van der Waals surface area contributed by atoms with Crippen molar-refractivity contribution in [1.29, 1.82) is 0 Å². The lowest BCUT2D eigenvalue weighted by molar-refractivity contribution is 0.412. The highest BCUT2D eigenvalue weighted by atomic mass is 79.9. The van der Waals surface area contributed by atoms with Crippen molar-refractivity contribution in [2.45, 2.75) is 6.54 Å². The molecule has 2 aromatic rings. The Morgan fingerprint density at radius 3 is 3.00 bits per heavy atom. The zero-order valence-corrected chi connectivity index (χ0v) is 10.4. The van der Waals surface area contributed by atoms with Gasteiger partial charge in [0, 0.05) is 17.2 Å². The van der Waals surface area contributed by atoms with Crippen molar-refractivity contribution in [1.82, 2.24) is 9.55 Å². The summed E-state index contributed by atoms with van der Waals surface area (Å²) >= 11 is 3.44. The van der Waals surface area contributed by atoms with Crippen molar-refractivity contribution in [2.75, 3.05) is 7.11 Å². The first-order valence-electron chi connectivity index (χ1n) is 4.81. The van der Waals surface area contributed by atoms with Gasteiger partial charge in [-0.05, 0) is 18.2 Å². The van der Waals surface area contributed by atoms with Crippen molar-refractivity contribution in [2.24, 2.45) is 5.73 Å². The molecule has 0 fully saturated rings. The number of hydrogen-bond donors (Lipinski definition) is 1. The second-order valence-electron chi connectivity index (χ2n) is 3.28. The average molecular weight is 282 g/mol. The van der Waals surface area contributed by atoms with Gasteiger partial charge in [0.05, 0.1) is 24.8 Å². The Hall–Kier alpha value is -1.33. The molecule has 0 saturated carbocycles. The molecule has 2 N–H and O–H groups in total. The number of methoxy groups -OCH3 is 1. The normalized spacial score (nSPS) is 10.4. The summed E-state index contributed by atoms with van der Waals surface area (Å²) in [6, 6.07) is 5.81. The fourth-order valence-electron chi connectivity index (χ4n) is 1.54. The van der Waals surface area contributed by atoms with Gasteiger partial charge in [-0.25, -0.2) is 4.98 Å². The van der Waals surface area contributed by atoms with E-state index in [0.717, 1.165) is 21.6 Å². The summed E-state index contributed by atoms with van der Waals surface area (Å²) in [7, 11) is 1.64. The quantitative estimate of drug-likeness (QED) is 0.938. The Bertz CT molecular complexity index is 496. The van der Waals surface area contributed by atoms with E-state index in [2.05, 4.69) is 20.9 Å². The van der Waals surface area contributed by atoms with E-state index in [1.165, 1.54) is 0 Å². The Labute approximate surface area is 102 Å². The number of aromatic nitrogens is 2. The lowest BCUT2D eigenvalue weighted by atomic mass is 10.3. The third-order valence-corrected chi connectivity index (χ3v) is 2.82. The first-order valence-corrected chi connectivity index (χ1v) is 5.60. The van der Waals surface area contributed by atoms with Gasteiger partial charge in [0.15, 0.2) is 0 Å². The first kappa shape index (κ1) is 11.2. The molecule has 0 radical (unpaired) electrons. The summed E-state index contributed by atoms with van der Waals surface area (Å²) < 4.78 is 8.22. The summed E-state index contributed by atoms with van der Waals surface area (Å²) in [5, 5.41) is 0. The predicted octanol–water partition coefficient (Wildman–Crippen LogP) is 2.10. The molecule has 4 nitrogen and oxygen atoms in total. The number of halogens is 1. The van der Waals surface area contributed by atoms with Crippen molar-refractivity contribution >= 4 is 15.9 Å². The highest BCUT2D eigenvalue weighted by Gasteiger charge is 2.09. The lowest BCUT2D eigenvalue weighted by Gasteiger charge is -2.11. The summed E-state index contributed by atoms with van der Waals surface area (Å²) in [6.45, 7) is 0.440. The topological polar surface area (TPSA) is 53.1 Å². The molecule has 2 rings (SSSR count). The molecular formula is C11H12BrN3O. The molecule has 0 bridgehead atoms. The molecule has 0 aliphatic rings. The number of ether oxygens (including phenoxy) is 1. The Balaban J connectivity index is 2.58. The van der Waals surface area contributed by atoms with E-state index >= 15 is 0 Å². The van der Waals surface area contributed by atoms with Crippen molar-refractivity contribution in [3.8, 4) is 11.4 Å². The molecule has 0 spiro atoms. The van der Waals surface area contributed by atoms with Crippen LogP contribution >= 0.6 is 15.9 Å². The number of rotatable bonds is 3. The summed E-state index contributed by atoms with van der Waals surface area (Å²) in [5.74, 6) is 0.788. The van der Waals surface area contributed by atoms with Crippen molar-refractivity contribution in [3.05, 3.63) is 40.9 Å². The van der Waals surface area contributed by atoms with Gasteiger partial charge in [0.25, 0.3) is 0 Å². The van der Waals surface area contributed by atoms with E-state index in [1.54, 1.807) is 19.6 Å². The third kappa shape index (κ3) is 1.96. The second-order valence-corrected chi connectivity index (χ2v) is 4.19. The van der Waals surface area contributed by atoms with Crippen LogP contribution in [-0.4, -0.2) is 16.7 Å². The van der Waals surface area contributed by atoms with E-state index in [9.17, 15) is 0 Å². The third-order valence-electron chi connectivity index (χ3n) is 2.32. The number of benzene rings is 1. The van der Waals surface area contributed by atoms with Crippen LogP contribution in [0.25, 0.3) is 5.69 Å². The molecule has 84 valence electrons. The number of nitrogens with two attached hydrogens (primary N) is 1. The maximum atomic E-state index is 5.65. The fraction of sp³-hybridized carbons (Fsp3) is 0.182. The zero-order valence-electron chi connectivity index (χ0n) is 8.85. The Morgan fingerprint density at radius 1 is 1.50 bits per heavy atom. The van der Waals surface area contributed by atoms with Crippen LogP contribution < -0.4 is 10.5 Å². The molecule has 0 atom stereocenters. The van der Waals surface area contributed by atoms with Gasteiger partial charge >= 0.3 is 0 Å². The van der Waals surface area contributed by atoms with Gasteiger partial charge < -0.3 is 10.5 Å². The number of hydrogen-bond acceptors (Lipinski definition) is 3. The minimum absolute atomic E-state index is 0.440. The fourth-order valence-corrected chi connectivity index (χ4v) is 1.89. The highest BCUT2D eigenvalue weighted by molar-refractivity contribution is 9.10. The molecule has 1 aromatic heterocycles. The summed E-state index contributed by atoms with van der Waals surface area (Å²) in [4.78, 5) is 4.09. The Morgan fingerprint density at radius 2 is 2.31 bits per heavy atom. The summed E-state index contributed by atoms with van der Waals surface area (Å²) in [5.41, 5.74) is 7.52. The zero-order chi connectivity index (χ0) is 11.5. The van der Waals surface area contributed by atoms with Crippen LogP contribution in [0, 0.1) is 0 Å². The summed E-state index contributed by atoms with van der Waals surface area (Å²) in [6.07, 6.45) is 3.48. The first-order chi connectivity index (χ1) is 7.76. The van der Waals surface area contributed by atoms with Gasteiger partial charge in [0.2, 0.25) is 0 Å². The van der Waals surface area contributed by atoms with Crippen molar-refractivity contribution in [3.63, 3.8) is 0 Å². The standard InChI is InChI=1S/C11H12BrN3O/c1-16-11-3-2-8(12)4-10(11)15-7-14-6-9(15)5-13/h2-4,6-7H,5,13H2,1H3. The largest absolute Gasteiger partial charge is 0.495 e. The van der Waals surface area contributed by atoms with E-state index in [-0.39, 0.29) is 0 Å². The highest BCUT2D eigenvalue weighted by Crippen LogP contribution is 2.27. The molecule has 0 aliphatic heterocycles. The van der Waals surface area contributed by atoms with Gasteiger partial charge in [0.1, 0.15) is 5.75 Å². The maximum absolute atomic E-state index is 5.65. The van der Waals surface area contributed by atoms with Crippen LogP contribution in [0.4, 0.5) is 0 Å². The molecule has 0 unspecified atom stereocenters. The van der Waals surface area contributed by atoms with E-state index in [1.807, 2.05) is 22.8 Å². The molecular weight excluding hydrogens is 270 g/mol. The molecule has 0 aliphatic carbocycles. The molecule has 5 heteroatoms. The molecule has 1 heterocycles. The van der Waals surface area contributed by atoms with Gasteiger partial charge in [-0.3, -0.25) is 4.57 Å². The Kier molecular flexibility index (Phi) is 3.26. The molecule has 16 heavy (non-hydrogen) atoms. The molecule has 0 saturated heterocycles. The van der Waals surface area contributed by atoms with Crippen LogP contribution in [0.15, 0.2) is 35.2 Å². The number of nitrogens with zero attached hydrogens (tertiary/aromatic N) is 2. The van der Waals surface area contributed by atoms with Gasteiger partial charge in [-0.2, -0.15) is 0 Å². The van der Waals surface area contributed by atoms with Crippen LogP contribution in [0.1, 0.15) is 5.69 Å². The monoisotopic (exact) mass is 281 g/mol. The predicted molar refractivity (Wildman–Crippen MR) is 65.7 cm³/mol. The van der Waals surface area contributed by atoms with Crippen LogP contribution in [0.2, 0.25) is 0 Å². The molecule has 0 amide bonds. The smallest absolute Gasteiger partial charge is 0.142 e. The minimum Gasteiger partial charge on any atom is -0.495 e. The molecule has 1 aromatic carbocycles.